The summed E-state index contributed by atoms with van der Waals surface area (Å²) < 4.78 is 58.9. The maximum atomic E-state index is 13.7. The quantitative estimate of drug-likeness (QED) is 0.563. The van der Waals surface area contributed by atoms with Gasteiger partial charge in [-0.15, -0.1) is 0 Å². The smallest absolute Gasteiger partial charge is 0.406 e. The van der Waals surface area contributed by atoms with Crippen LogP contribution in [0.3, 0.4) is 0 Å². The number of halogens is 4. The van der Waals surface area contributed by atoms with E-state index in [1.165, 1.54) is 6.07 Å². The molecule has 3 atom stereocenters. The molecule has 4 nitrogen and oxygen atoms in total. The molecule has 28 heavy (non-hydrogen) atoms. The van der Waals surface area contributed by atoms with E-state index < -0.39 is 24.5 Å². The second-order valence-corrected chi connectivity index (χ2v) is 7.85. The number of rotatable bonds is 3. The van der Waals surface area contributed by atoms with Crippen LogP contribution in [0.25, 0.3) is 10.9 Å². The van der Waals surface area contributed by atoms with Crippen LogP contribution in [0, 0.1) is 5.82 Å². The van der Waals surface area contributed by atoms with Gasteiger partial charge >= 0.3 is 12.1 Å². The number of alkyl halides is 3. The Hall–Kier alpha value is -2.09. The Morgan fingerprint density at radius 2 is 1.89 bits per heavy atom. The molecule has 0 saturated carbocycles. The van der Waals surface area contributed by atoms with Gasteiger partial charge in [0, 0.05) is 42.0 Å². The largest absolute Gasteiger partial charge is 0.459 e. The highest BCUT2D eigenvalue weighted by molar-refractivity contribution is 6.04. The van der Waals surface area contributed by atoms with Crippen molar-refractivity contribution in [3.05, 3.63) is 35.8 Å². The van der Waals surface area contributed by atoms with E-state index in [0.717, 1.165) is 42.2 Å². The van der Waals surface area contributed by atoms with Crippen molar-refractivity contribution in [1.82, 2.24) is 9.47 Å². The normalized spacial score (nSPS) is 25.8. The molecule has 2 aliphatic heterocycles. The lowest BCUT2D eigenvalue weighted by molar-refractivity contribution is -0.139. The van der Waals surface area contributed by atoms with Gasteiger partial charge in [0.25, 0.3) is 0 Å². The van der Waals surface area contributed by atoms with Crippen molar-refractivity contribution in [2.45, 2.75) is 63.0 Å². The van der Waals surface area contributed by atoms with Crippen molar-refractivity contribution >= 4 is 16.9 Å². The average Bonchev–Trinajstić information content (AvgIpc) is 2.91. The number of hydrogen-bond donors (Lipinski definition) is 0. The van der Waals surface area contributed by atoms with Crippen LogP contribution in [0.1, 0.15) is 42.5 Å². The van der Waals surface area contributed by atoms with Crippen LogP contribution >= 0.6 is 0 Å². The number of piperidine rings is 2. The summed E-state index contributed by atoms with van der Waals surface area (Å²) in [6.45, 7) is -1.25. The second kappa shape index (κ2) is 7.06. The van der Waals surface area contributed by atoms with E-state index in [1.54, 1.807) is 0 Å². The fourth-order valence-electron chi connectivity index (χ4n) is 4.63. The highest BCUT2D eigenvalue weighted by Gasteiger charge is 2.38. The van der Waals surface area contributed by atoms with Crippen molar-refractivity contribution < 1.29 is 27.1 Å². The molecule has 0 amide bonds. The average molecular weight is 398 g/mol. The van der Waals surface area contributed by atoms with Crippen LogP contribution in [0.5, 0.6) is 0 Å². The number of carbonyl (C=O) groups is 1. The Morgan fingerprint density at radius 3 is 2.54 bits per heavy atom. The van der Waals surface area contributed by atoms with Gasteiger partial charge in [-0.1, -0.05) is 6.42 Å². The number of aromatic nitrogens is 1. The maximum Gasteiger partial charge on any atom is 0.406 e. The first kappa shape index (κ1) is 19.2. The van der Waals surface area contributed by atoms with Gasteiger partial charge in [0.1, 0.15) is 18.5 Å². The van der Waals surface area contributed by atoms with E-state index >= 15 is 0 Å². The maximum absolute atomic E-state index is 13.7. The van der Waals surface area contributed by atoms with Crippen LogP contribution in [-0.2, 0) is 11.3 Å². The third-order valence-corrected chi connectivity index (χ3v) is 5.98. The molecule has 0 unspecified atom stereocenters. The Morgan fingerprint density at radius 1 is 1.21 bits per heavy atom. The van der Waals surface area contributed by atoms with E-state index in [0.29, 0.717) is 24.9 Å². The first-order valence-electron chi connectivity index (χ1n) is 9.49. The van der Waals surface area contributed by atoms with Gasteiger partial charge in [0.2, 0.25) is 0 Å². The number of ether oxygens (including phenoxy) is 1. The Labute approximate surface area is 160 Å². The minimum absolute atomic E-state index is 0.0252. The summed E-state index contributed by atoms with van der Waals surface area (Å²) >= 11 is 0. The standard InChI is InChI=1S/C20H22F4N2O2/c1-25-13-3-2-4-14(25)9-15(8-13)28-19(27)17-10-26(11-20(22,23)24)18-6-5-12(21)7-16(17)18/h5-7,10,13-15H,2-4,8-9,11H2,1H3/t13-,14+,15+. The zero-order valence-corrected chi connectivity index (χ0v) is 15.5. The molecule has 0 spiro atoms. The molecule has 1 aromatic carbocycles. The third kappa shape index (κ3) is 3.74. The van der Waals surface area contributed by atoms with Gasteiger partial charge in [0.05, 0.1) is 5.56 Å². The van der Waals surface area contributed by atoms with E-state index in [1.807, 2.05) is 0 Å². The molecule has 0 N–H and O–H groups in total. The molecule has 2 fully saturated rings. The number of benzene rings is 1. The molecule has 2 aromatic rings. The lowest BCUT2D eigenvalue weighted by atomic mass is 9.83. The summed E-state index contributed by atoms with van der Waals surface area (Å²) in [5, 5.41) is 0.141. The Balaban J connectivity index is 1.59. The van der Waals surface area contributed by atoms with E-state index in [2.05, 4.69) is 11.9 Å². The SMILES string of the molecule is CN1[C@@H]2CCC[C@H]1C[C@@H](OC(=O)c1cn(CC(F)(F)F)c3ccc(F)cc13)C2. The molecular weight excluding hydrogens is 376 g/mol. The zero-order chi connectivity index (χ0) is 20.1. The molecule has 0 radical (unpaired) electrons. The minimum Gasteiger partial charge on any atom is -0.459 e. The molecule has 2 saturated heterocycles. The summed E-state index contributed by atoms with van der Waals surface area (Å²) in [5.41, 5.74) is 0.133. The number of esters is 1. The Bertz CT molecular complexity index is 878. The number of carbonyl (C=O) groups excluding carboxylic acids is 1. The van der Waals surface area contributed by atoms with Crippen LogP contribution in [0.15, 0.2) is 24.4 Å². The fraction of sp³-hybridized carbons (Fsp3) is 0.550. The van der Waals surface area contributed by atoms with E-state index in [4.69, 9.17) is 4.74 Å². The molecule has 3 heterocycles. The lowest BCUT2D eigenvalue weighted by Gasteiger charge is -2.46. The molecular formula is C20H22F4N2O2. The van der Waals surface area contributed by atoms with Crippen LogP contribution in [0.4, 0.5) is 17.6 Å². The third-order valence-electron chi connectivity index (χ3n) is 5.98. The molecule has 2 bridgehead atoms. The van der Waals surface area contributed by atoms with Crippen molar-refractivity contribution in [2.75, 3.05) is 7.05 Å². The molecule has 8 heteroatoms. The predicted molar refractivity (Wildman–Crippen MR) is 95.6 cm³/mol. The van der Waals surface area contributed by atoms with Crippen molar-refractivity contribution in [2.24, 2.45) is 0 Å². The second-order valence-electron chi connectivity index (χ2n) is 7.85. The number of fused-ring (bicyclic) bond motifs is 3. The number of hydrogen-bond acceptors (Lipinski definition) is 3. The van der Waals surface area contributed by atoms with E-state index in [9.17, 15) is 22.4 Å². The highest BCUT2D eigenvalue weighted by atomic mass is 19.4. The number of nitrogens with zero attached hydrogens (tertiary/aromatic N) is 2. The van der Waals surface area contributed by atoms with Crippen molar-refractivity contribution in [3.63, 3.8) is 0 Å². The Kier molecular flexibility index (Phi) is 4.85. The fourth-order valence-corrected chi connectivity index (χ4v) is 4.63. The predicted octanol–water partition coefficient (Wildman–Crippen LogP) is 4.51. The van der Waals surface area contributed by atoms with Gasteiger partial charge < -0.3 is 14.2 Å². The van der Waals surface area contributed by atoms with Crippen LogP contribution in [-0.4, -0.2) is 46.8 Å². The zero-order valence-electron chi connectivity index (χ0n) is 15.5. The molecule has 1 aromatic heterocycles. The monoisotopic (exact) mass is 398 g/mol. The lowest BCUT2D eigenvalue weighted by Crippen LogP contribution is -2.52. The minimum atomic E-state index is -4.45. The summed E-state index contributed by atoms with van der Waals surface area (Å²) in [4.78, 5) is 15.1. The van der Waals surface area contributed by atoms with Gasteiger partial charge in [-0.05, 0) is 38.1 Å². The summed E-state index contributed by atoms with van der Waals surface area (Å²) in [5.74, 6) is -1.30. The summed E-state index contributed by atoms with van der Waals surface area (Å²) in [7, 11) is 2.08. The topological polar surface area (TPSA) is 34.5 Å². The van der Waals surface area contributed by atoms with Gasteiger partial charge in [-0.2, -0.15) is 13.2 Å². The molecule has 4 rings (SSSR count). The van der Waals surface area contributed by atoms with Crippen LogP contribution in [0.2, 0.25) is 0 Å². The van der Waals surface area contributed by atoms with Crippen molar-refractivity contribution in [1.29, 1.82) is 0 Å². The first-order chi connectivity index (χ1) is 13.2. The summed E-state index contributed by atoms with van der Waals surface area (Å²) in [6.07, 6.45) is 1.10. The molecule has 152 valence electrons. The van der Waals surface area contributed by atoms with Gasteiger partial charge in [-0.3, -0.25) is 0 Å². The van der Waals surface area contributed by atoms with Gasteiger partial charge in [0.15, 0.2) is 0 Å². The first-order valence-corrected chi connectivity index (χ1v) is 9.49. The van der Waals surface area contributed by atoms with E-state index in [-0.39, 0.29) is 22.6 Å². The highest BCUT2D eigenvalue weighted by Crippen LogP contribution is 2.35. The van der Waals surface area contributed by atoms with Crippen LogP contribution < -0.4 is 0 Å². The molecule has 2 aliphatic rings. The van der Waals surface area contributed by atoms with Crippen molar-refractivity contribution in [3.8, 4) is 0 Å². The summed E-state index contributed by atoms with van der Waals surface area (Å²) in [6, 6.07) is 4.14. The van der Waals surface area contributed by atoms with Gasteiger partial charge in [-0.25, -0.2) is 9.18 Å². The molecule has 0 aliphatic carbocycles.